The molecule has 0 aromatic heterocycles. The Morgan fingerprint density at radius 2 is 1.82 bits per heavy atom. The van der Waals surface area contributed by atoms with Gasteiger partial charge in [-0.15, -0.1) is 24.0 Å². The summed E-state index contributed by atoms with van der Waals surface area (Å²) in [6.07, 6.45) is 4.70. The molecule has 0 spiro atoms. The van der Waals surface area contributed by atoms with Gasteiger partial charge in [0.15, 0.2) is 15.8 Å². The van der Waals surface area contributed by atoms with Crippen LogP contribution in [-0.4, -0.2) is 64.8 Å². The largest absolute Gasteiger partial charge is 0.357 e. The summed E-state index contributed by atoms with van der Waals surface area (Å²) in [5.41, 5.74) is 1.10. The van der Waals surface area contributed by atoms with E-state index in [1.54, 1.807) is 12.1 Å². The number of sulfone groups is 1. The maximum Gasteiger partial charge on any atom is 0.191 e. The average molecular weight is 522 g/mol. The van der Waals surface area contributed by atoms with Gasteiger partial charge in [-0.05, 0) is 62.9 Å². The third-order valence-electron chi connectivity index (χ3n) is 4.73. The van der Waals surface area contributed by atoms with E-state index in [1.807, 2.05) is 12.1 Å². The fraction of sp³-hybridized carbons (Fsp3) is 0.650. The van der Waals surface area contributed by atoms with Crippen LogP contribution in [0.1, 0.15) is 32.3 Å². The zero-order valence-electron chi connectivity index (χ0n) is 17.3. The van der Waals surface area contributed by atoms with Crippen LogP contribution in [0.15, 0.2) is 34.2 Å². The number of hydrogen-bond donors (Lipinski definition) is 2. The van der Waals surface area contributed by atoms with Gasteiger partial charge in [0.05, 0.1) is 4.90 Å². The minimum atomic E-state index is -3.13. The first-order valence-electron chi connectivity index (χ1n) is 9.92. The van der Waals surface area contributed by atoms with E-state index in [2.05, 4.69) is 29.4 Å². The molecule has 2 N–H and O–H groups in total. The summed E-state index contributed by atoms with van der Waals surface area (Å²) < 4.78 is 23.0. The molecule has 8 heteroatoms. The summed E-state index contributed by atoms with van der Waals surface area (Å²) in [7, 11) is -3.13. The van der Waals surface area contributed by atoms with Gasteiger partial charge in [0.25, 0.3) is 0 Å². The molecule has 0 radical (unpaired) electrons. The van der Waals surface area contributed by atoms with Crippen LogP contribution in [0.4, 0.5) is 0 Å². The molecule has 1 saturated heterocycles. The van der Waals surface area contributed by atoms with Crippen molar-refractivity contribution < 1.29 is 8.42 Å². The molecule has 160 valence electrons. The van der Waals surface area contributed by atoms with Crippen molar-refractivity contribution in [2.45, 2.75) is 38.0 Å². The predicted octanol–water partition coefficient (Wildman–Crippen LogP) is 2.54. The fourth-order valence-electron chi connectivity index (χ4n) is 3.28. The van der Waals surface area contributed by atoms with Gasteiger partial charge in [0.2, 0.25) is 0 Å². The Morgan fingerprint density at radius 1 is 1.18 bits per heavy atom. The number of nitrogens with one attached hydrogen (secondary N) is 2. The molecule has 6 nitrogen and oxygen atoms in total. The summed E-state index contributed by atoms with van der Waals surface area (Å²) in [6.45, 7) is 10.3. The topological polar surface area (TPSA) is 73.8 Å². The third kappa shape index (κ3) is 9.09. The molecule has 0 aliphatic carbocycles. The molecule has 0 bridgehead atoms. The van der Waals surface area contributed by atoms with Gasteiger partial charge in [-0.1, -0.05) is 19.1 Å². The first kappa shape index (κ1) is 25.2. The number of rotatable bonds is 9. The van der Waals surface area contributed by atoms with Crippen molar-refractivity contribution in [2.75, 3.05) is 45.5 Å². The second kappa shape index (κ2) is 12.6. The van der Waals surface area contributed by atoms with Crippen LogP contribution < -0.4 is 10.6 Å². The van der Waals surface area contributed by atoms with Crippen molar-refractivity contribution >= 4 is 39.8 Å². The zero-order valence-corrected chi connectivity index (χ0v) is 20.4. The molecule has 1 atom stereocenters. The van der Waals surface area contributed by atoms with E-state index in [1.165, 1.54) is 32.2 Å². The van der Waals surface area contributed by atoms with Gasteiger partial charge in [-0.3, -0.25) is 4.99 Å². The van der Waals surface area contributed by atoms with Gasteiger partial charge in [-0.25, -0.2) is 8.42 Å². The zero-order chi connectivity index (χ0) is 19.7. The van der Waals surface area contributed by atoms with E-state index in [0.717, 1.165) is 44.1 Å². The van der Waals surface area contributed by atoms with Crippen molar-refractivity contribution in [3.8, 4) is 0 Å². The highest BCUT2D eigenvalue weighted by Gasteiger charge is 2.14. The molecule has 2 rings (SSSR count). The molecule has 1 aliphatic rings. The molecular formula is C20H35IN4O2S. The third-order valence-corrected chi connectivity index (χ3v) is 5.86. The van der Waals surface area contributed by atoms with Gasteiger partial charge in [0.1, 0.15) is 0 Å². The van der Waals surface area contributed by atoms with Crippen molar-refractivity contribution in [3.63, 3.8) is 0 Å². The van der Waals surface area contributed by atoms with Crippen LogP contribution in [0, 0.1) is 5.92 Å². The van der Waals surface area contributed by atoms with Gasteiger partial charge in [0, 0.05) is 32.4 Å². The number of hydrogen-bond acceptors (Lipinski definition) is 4. The number of guanidine groups is 1. The van der Waals surface area contributed by atoms with Crippen LogP contribution in [0.25, 0.3) is 0 Å². The Balaban J connectivity index is 0.00000392. The number of benzene rings is 1. The molecule has 0 amide bonds. The maximum atomic E-state index is 11.5. The van der Waals surface area contributed by atoms with E-state index < -0.39 is 9.84 Å². The second-order valence-electron chi connectivity index (χ2n) is 7.43. The van der Waals surface area contributed by atoms with E-state index in [4.69, 9.17) is 4.99 Å². The minimum absolute atomic E-state index is 0. The lowest BCUT2D eigenvalue weighted by molar-refractivity contribution is 0.291. The molecule has 1 aliphatic heterocycles. The summed E-state index contributed by atoms with van der Waals surface area (Å²) in [5.74, 6) is 1.39. The Morgan fingerprint density at radius 3 is 2.39 bits per heavy atom. The van der Waals surface area contributed by atoms with Gasteiger partial charge in [-0.2, -0.15) is 0 Å². The summed E-state index contributed by atoms with van der Waals surface area (Å²) in [6, 6.07) is 7.09. The lowest BCUT2D eigenvalue weighted by atomic mass is 10.1. The van der Waals surface area contributed by atoms with Crippen molar-refractivity contribution in [3.05, 3.63) is 29.8 Å². The lowest BCUT2D eigenvalue weighted by Crippen LogP contribution is -2.39. The van der Waals surface area contributed by atoms with E-state index in [0.29, 0.717) is 10.8 Å². The van der Waals surface area contributed by atoms with Crippen molar-refractivity contribution in [1.29, 1.82) is 0 Å². The van der Waals surface area contributed by atoms with E-state index in [-0.39, 0.29) is 24.0 Å². The molecule has 1 heterocycles. The Hall–Kier alpha value is -0.870. The minimum Gasteiger partial charge on any atom is -0.357 e. The lowest BCUT2D eigenvalue weighted by Gasteiger charge is -2.19. The Bertz CT molecular complexity index is 701. The monoisotopic (exact) mass is 522 g/mol. The number of likely N-dealkylation sites (tertiary alicyclic amines) is 1. The van der Waals surface area contributed by atoms with Gasteiger partial charge >= 0.3 is 0 Å². The SMILES string of the molecule is CCNC(=NCC(C)CN1CCCC1)NCCc1ccc(S(C)(=O)=O)cc1.I. The molecule has 0 saturated carbocycles. The normalized spacial score (nSPS) is 16.5. The molecule has 1 unspecified atom stereocenters. The quantitative estimate of drug-likeness (QED) is 0.296. The first-order valence-corrected chi connectivity index (χ1v) is 11.8. The average Bonchev–Trinajstić information content (AvgIpc) is 3.12. The highest BCUT2D eigenvalue weighted by molar-refractivity contribution is 14.0. The summed E-state index contributed by atoms with van der Waals surface area (Å²) >= 11 is 0. The molecule has 1 fully saturated rings. The molecule has 28 heavy (non-hydrogen) atoms. The Kier molecular flexibility index (Phi) is 11.4. The number of halogens is 1. The van der Waals surface area contributed by atoms with Crippen LogP contribution in [-0.2, 0) is 16.3 Å². The molecule has 1 aromatic rings. The van der Waals surface area contributed by atoms with E-state index >= 15 is 0 Å². The summed E-state index contributed by atoms with van der Waals surface area (Å²) in [4.78, 5) is 7.61. The number of nitrogens with zero attached hydrogens (tertiary/aromatic N) is 2. The Labute approximate surface area is 187 Å². The van der Waals surface area contributed by atoms with Crippen LogP contribution in [0.3, 0.4) is 0 Å². The fourth-order valence-corrected chi connectivity index (χ4v) is 3.91. The van der Waals surface area contributed by atoms with Crippen LogP contribution in [0.5, 0.6) is 0 Å². The van der Waals surface area contributed by atoms with Crippen LogP contribution in [0.2, 0.25) is 0 Å². The maximum absolute atomic E-state index is 11.5. The van der Waals surface area contributed by atoms with E-state index in [9.17, 15) is 8.42 Å². The standard InChI is InChI=1S/C20H34N4O2S.HI/c1-4-21-20(23-15-17(2)16-24-13-5-6-14-24)22-12-11-18-7-9-19(10-8-18)27(3,25)26;/h7-10,17H,4-6,11-16H2,1-3H3,(H2,21,22,23);1H. The van der Waals surface area contributed by atoms with Crippen molar-refractivity contribution in [1.82, 2.24) is 15.5 Å². The summed E-state index contributed by atoms with van der Waals surface area (Å²) in [5, 5.41) is 6.66. The van der Waals surface area contributed by atoms with Crippen molar-refractivity contribution in [2.24, 2.45) is 10.9 Å². The highest BCUT2D eigenvalue weighted by Crippen LogP contribution is 2.11. The predicted molar refractivity (Wildman–Crippen MR) is 127 cm³/mol. The van der Waals surface area contributed by atoms with Crippen LogP contribution >= 0.6 is 24.0 Å². The molecule has 1 aromatic carbocycles. The highest BCUT2D eigenvalue weighted by atomic mass is 127. The molecular weight excluding hydrogens is 487 g/mol. The smallest absolute Gasteiger partial charge is 0.191 e. The number of aliphatic imine (C=N–C) groups is 1. The second-order valence-corrected chi connectivity index (χ2v) is 9.44. The first-order chi connectivity index (χ1) is 12.9. The van der Waals surface area contributed by atoms with Gasteiger partial charge < -0.3 is 15.5 Å².